The Bertz CT molecular complexity index is 597. The highest BCUT2D eigenvalue weighted by Gasteiger charge is 2.19. The van der Waals surface area contributed by atoms with Crippen LogP contribution in [0.3, 0.4) is 0 Å². The number of hydrogen-bond donors (Lipinski definition) is 3. The van der Waals surface area contributed by atoms with Crippen molar-refractivity contribution in [1.82, 2.24) is 4.72 Å². The molecule has 1 unspecified atom stereocenters. The van der Waals surface area contributed by atoms with Crippen LogP contribution in [0.1, 0.15) is 35.7 Å². The molecular weight excluding hydrogens is 294 g/mol. The number of carbonyl (C=O) groups is 1. The van der Waals surface area contributed by atoms with Crippen LogP contribution in [0, 0.1) is 12.8 Å². The maximum atomic E-state index is 12.2. The zero-order chi connectivity index (χ0) is 16.0. The predicted octanol–water partition coefficient (Wildman–Crippen LogP) is 1.38. The summed E-state index contributed by atoms with van der Waals surface area (Å²) in [6.07, 6.45) is 1.27. The van der Waals surface area contributed by atoms with Crippen LogP contribution in [0.5, 0.6) is 0 Å². The summed E-state index contributed by atoms with van der Waals surface area (Å²) < 4.78 is 26.8. The van der Waals surface area contributed by atoms with Gasteiger partial charge in [0.1, 0.15) is 0 Å². The van der Waals surface area contributed by atoms with E-state index in [-0.39, 0.29) is 29.5 Å². The summed E-state index contributed by atoms with van der Waals surface area (Å²) in [5.41, 5.74) is 0.480. The van der Waals surface area contributed by atoms with E-state index in [2.05, 4.69) is 4.72 Å². The molecule has 1 atom stereocenters. The summed E-state index contributed by atoms with van der Waals surface area (Å²) in [6.45, 7) is 3.76. The van der Waals surface area contributed by atoms with E-state index in [1.54, 1.807) is 6.92 Å². The number of aliphatic hydroxyl groups is 1. The lowest BCUT2D eigenvalue weighted by Crippen LogP contribution is -2.29. The van der Waals surface area contributed by atoms with Crippen molar-refractivity contribution in [3.63, 3.8) is 0 Å². The first-order valence-corrected chi connectivity index (χ1v) is 8.24. The molecule has 1 aromatic carbocycles. The molecule has 0 aromatic heterocycles. The zero-order valence-electron chi connectivity index (χ0n) is 12.2. The SMILES string of the molecule is CCC(CCO)CNS(=O)(=O)c1ccc(C)c(C(=O)O)c1. The fourth-order valence-corrected chi connectivity index (χ4v) is 3.08. The third kappa shape index (κ3) is 4.80. The van der Waals surface area contributed by atoms with E-state index >= 15 is 0 Å². The Morgan fingerprint density at radius 1 is 1.38 bits per heavy atom. The Labute approximate surface area is 124 Å². The molecule has 0 radical (unpaired) electrons. The van der Waals surface area contributed by atoms with Crippen molar-refractivity contribution in [3.05, 3.63) is 29.3 Å². The average molecular weight is 315 g/mol. The second-order valence-electron chi connectivity index (χ2n) is 4.92. The first-order chi connectivity index (χ1) is 9.81. The number of carboxylic acid groups (broad SMARTS) is 1. The van der Waals surface area contributed by atoms with E-state index < -0.39 is 16.0 Å². The Balaban J connectivity index is 2.93. The Kier molecular flexibility index (Phi) is 6.32. The van der Waals surface area contributed by atoms with Gasteiger partial charge >= 0.3 is 5.97 Å². The van der Waals surface area contributed by atoms with Gasteiger partial charge in [0.2, 0.25) is 10.0 Å². The van der Waals surface area contributed by atoms with Crippen LogP contribution in [0.2, 0.25) is 0 Å². The fourth-order valence-electron chi connectivity index (χ4n) is 1.94. The summed E-state index contributed by atoms with van der Waals surface area (Å²) in [7, 11) is -3.75. The first kappa shape index (κ1) is 17.6. The van der Waals surface area contributed by atoms with Crippen LogP contribution in [-0.4, -0.2) is 37.8 Å². The molecular formula is C14H21NO5S. The molecule has 118 valence electrons. The van der Waals surface area contributed by atoms with Gasteiger partial charge in [-0.15, -0.1) is 0 Å². The summed E-state index contributed by atoms with van der Waals surface area (Å²) in [4.78, 5) is 11.0. The molecule has 0 saturated heterocycles. The highest BCUT2D eigenvalue weighted by atomic mass is 32.2. The minimum Gasteiger partial charge on any atom is -0.478 e. The molecule has 3 N–H and O–H groups in total. The molecule has 0 fully saturated rings. The van der Waals surface area contributed by atoms with Gasteiger partial charge in [0.15, 0.2) is 0 Å². The maximum Gasteiger partial charge on any atom is 0.335 e. The van der Waals surface area contributed by atoms with Gasteiger partial charge in [0, 0.05) is 13.2 Å². The van der Waals surface area contributed by atoms with Crippen LogP contribution < -0.4 is 4.72 Å². The van der Waals surface area contributed by atoms with E-state index in [0.29, 0.717) is 12.0 Å². The number of aliphatic hydroxyl groups excluding tert-OH is 1. The number of aryl methyl sites for hydroxylation is 1. The molecule has 1 aromatic rings. The van der Waals surface area contributed by atoms with Gasteiger partial charge in [0.05, 0.1) is 10.5 Å². The Hall–Kier alpha value is -1.44. The molecule has 0 aliphatic heterocycles. The van der Waals surface area contributed by atoms with E-state index in [1.165, 1.54) is 12.1 Å². The molecule has 0 amide bonds. The highest BCUT2D eigenvalue weighted by molar-refractivity contribution is 7.89. The van der Waals surface area contributed by atoms with Crippen molar-refractivity contribution in [2.45, 2.75) is 31.6 Å². The minimum absolute atomic E-state index is 0.00787. The molecule has 0 aliphatic carbocycles. The van der Waals surface area contributed by atoms with Crippen LogP contribution in [0.15, 0.2) is 23.1 Å². The summed E-state index contributed by atoms with van der Waals surface area (Å²) >= 11 is 0. The molecule has 0 saturated carbocycles. The molecule has 0 heterocycles. The second-order valence-corrected chi connectivity index (χ2v) is 6.69. The average Bonchev–Trinajstić information content (AvgIpc) is 2.43. The van der Waals surface area contributed by atoms with Gasteiger partial charge in [-0.2, -0.15) is 0 Å². The molecule has 21 heavy (non-hydrogen) atoms. The monoisotopic (exact) mass is 315 g/mol. The van der Waals surface area contributed by atoms with Gasteiger partial charge in [-0.05, 0) is 37.0 Å². The summed E-state index contributed by atoms with van der Waals surface area (Å²) in [5, 5.41) is 17.9. The van der Waals surface area contributed by atoms with E-state index in [4.69, 9.17) is 10.2 Å². The quantitative estimate of drug-likeness (QED) is 0.672. The van der Waals surface area contributed by atoms with Crippen LogP contribution >= 0.6 is 0 Å². The van der Waals surface area contributed by atoms with E-state index in [0.717, 1.165) is 12.5 Å². The minimum atomic E-state index is -3.75. The lowest BCUT2D eigenvalue weighted by atomic mass is 10.0. The van der Waals surface area contributed by atoms with Crippen LogP contribution in [0.25, 0.3) is 0 Å². The number of hydrogen-bond acceptors (Lipinski definition) is 4. The lowest BCUT2D eigenvalue weighted by molar-refractivity contribution is 0.0696. The van der Waals surface area contributed by atoms with Crippen molar-refractivity contribution in [1.29, 1.82) is 0 Å². The van der Waals surface area contributed by atoms with Gasteiger partial charge in [-0.1, -0.05) is 19.4 Å². The van der Waals surface area contributed by atoms with Crippen molar-refractivity contribution in [2.75, 3.05) is 13.2 Å². The number of benzene rings is 1. The third-order valence-corrected chi connectivity index (χ3v) is 4.85. The van der Waals surface area contributed by atoms with Crippen molar-refractivity contribution >= 4 is 16.0 Å². The Morgan fingerprint density at radius 2 is 2.05 bits per heavy atom. The number of sulfonamides is 1. The number of nitrogens with one attached hydrogen (secondary N) is 1. The first-order valence-electron chi connectivity index (χ1n) is 6.76. The lowest BCUT2D eigenvalue weighted by Gasteiger charge is -2.15. The Morgan fingerprint density at radius 3 is 2.57 bits per heavy atom. The van der Waals surface area contributed by atoms with Gasteiger partial charge in [-0.3, -0.25) is 0 Å². The maximum absolute atomic E-state index is 12.2. The topological polar surface area (TPSA) is 104 Å². The normalized spacial score (nSPS) is 13.1. The molecule has 0 bridgehead atoms. The molecule has 0 aliphatic rings. The number of aromatic carboxylic acids is 1. The molecule has 6 nitrogen and oxygen atoms in total. The number of carboxylic acids is 1. The molecule has 1 rings (SSSR count). The zero-order valence-corrected chi connectivity index (χ0v) is 13.0. The summed E-state index contributed by atoms with van der Waals surface area (Å²) in [6, 6.07) is 4.02. The van der Waals surface area contributed by atoms with Crippen LogP contribution in [0.4, 0.5) is 0 Å². The third-order valence-electron chi connectivity index (χ3n) is 3.43. The van der Waals surface area contributed by atoms with Crippen molar-refractivity contribution in [3.8, 4) is 0 Å². The summed E-state index contributed by atoms with van der Waals surface area (Å²) in [5.74, 6) is -1.11. The van der Waals surface area contributed by atoms with E-state index in [1.807, 2.05) is 6.92 Å². The van der Waals surface area contributed by atoms with Crippen molar-refractivity contribution in [2.24, 2.45) is 5.92 Å². The van der Waals surface area contributed by atoms with Crippen LogP contribution in [-0.2, 0) is 10.0 Å². The van der Waals surface area contributed by atoms with Gasteiger partial charge in [-0.25, -0.2) is 17.9 Å². The fraction of sp³-hybridized carbons (Fsp3) is 0.500. The predicted molar refractivity (Wildman–Crippen MR) is 78.8 cm³/mol. The van der Waals surface area contributed by atoms with E-state index in [9.17, 15) is 13.2 Å². The molecule has 7 heteroatoms. The van der Waals surface area contributed by atoms with Gasteiger partial charge in [0.25, 0.3) is 0 Å². The van der Waals surface area contributed by atoms with Crippen molar-refractivity contribution < 1.29 is 23.4 Å². The standard InChI is InChI=1S/C14H21NO5S/c1-3-11(6-7-16)9-15-21(19,20)12-5-4-10(2)13(8-12)14(17)18/h4-5,8,11,15-16H,3,6-7,9H2,1-2H3,(H,17,18). The highest BCUT2D eigenvalue weighted by Crippen LogP contribution is 2.16. The van der Waals surface area contributed by atoms with Gasteiger partial charge < -0.3 is 10.2 Å². The largest absolute Gasteiger partial charge is 0.478 e. The molecule has 0 spiro atoms. The number of rotatable bonds is 8. The second kappa shape index (κ2) is 7.53. The smallest absolute Gasteiger partial charge is 0.335 e.